The van der Waals surface area contributed by atoms with Gasteiger partial charge in [-0.1, -0.05) is 30.3 Å². The van der Waals surface area contributed by atoms with Gasteiger partial charge in [0.25, 0.3) is 0 Å². The first-order chi connectivity index (χ1) is 7.43. The zero-order valence-electron chi connectivity index (χ0n) is 9.45. The fourth-order valence-corrected chi connectivity index (χ4v) is 1.32. The largest absolute Gasteiger partial charge is 0.382 e. The Labute approximate surface area is 92.2 Å². The second-order valence-electron chi connectivity index (χ2n) is 3.44. The van der Waals surface area contributed by atoms with E-state index in [2.05, 4.69) is 12.1 Å². The van der Waals surface area contributed by atoms with Crippen molar-refractivity contribution in [3.05, 3.63) is 35.9 Å². The topological polar surface area (TPSA) is 18.5 Å². The molecule has 0 unspecified atom stereocenters. The molecule has 0 aliphatic rings. The maximum Gasteiger partial charge on any atom is 0.0716 e. The summed E-state index contributed by atoms with van der Waals surface area (Å²) in [4.78, 5) is 0. The minimum atomic E-state index is 0.718. The van der Waals surface area contributed by atoms with Crippen molar-refractivity contribution in [1.82, 2.24) is 0 Å². The lowest BCUT2D eigenvalue weighted by atomic mass is 10.2. The van der Waals surface area contributed by atoms with Gasteiger partial charge in [0.15, 0.2) is 0 Å². The molecular formula is C13H20O2. The number of benzene rings is 1. The van der Waals surface area contributed by atoms with E-state index in [0.29, 0.717) is 0 Å². The van der Waals surface area contributed by atoms with E-state index in [1.807, 2.05) is 25.1 Å². The van der Waals surface area contributed by atoms with Crippen LogP contribution in [0.4, 0.5) is 0 Å². The van der Waals surface area contributed by atoms with E-state index in [1.165, 1.54) is 5.56 Å². The quantitative estimate of drug-likeness (QED) is 0.611. The van der Waals surface area contributed by atoms with Gasteiger partial charge < -0.3 is 9.47 Å². The summed E-state index contributed by atoms with van der Waals surface area (Å²) in [6, 6.07) is 10.3. The average molecular weight is 208 g/mol. The fraction of sp³-hybridized carbons (Fsp3) is 0.538. The predicted octanol–water partition coefficient (Wildman–Crippen LogP) is 3.02. The molecule has 2 heteroatoms. The van der Waals surface area contributed by atoms with E-state index in [1.54, 1.807) is 0 Å². The molecule has 0 spiro atoms. The van der Waals surface area contributed by atoms with Gasteiger partial charge in [-0.15, -0.1) is 0 Å². The molecule has 0 N–H and O–H groups in total. The molecular weight excluding hydrogens is 188 g/mol. The molecule has 0 aliphatic heterocycles. The van der Waals surface area contributed by atoms with Crippen LogP contribution >= 0.6 is 0 Å². The van der Waals surface area contributed by atoms with Crippen molar-refractivity contribution >= 4 is 0 Å². The third-order valence-electron chi connectivity index (χ3n) is 2.14. The molecule has 0 bridgehead atoms. The minimum Gasteiger partial charge on any atom is -0.382 e. The summed E-state index contributed by atoms with van der Waals surface area (Å²) in [6.07, 6.45) is 2.16. The van der Waals surface area contributed by atoms with Crippen LogP contribution in [0, 0.1) is 0 Å². The van der Waals surface area contributed by atoms with Crippen molar-refractivity contribution in [2.24, 2.45) is 0 Å². The number of hydrogen-bond donors (Lipinski definition) is 0. The maximum atomic E-state index is 5.54. The van der Waals surface area contributed by atoms with Gasteiger partial charge in [0.1, 0.15) is 0 Å². The molecule has 0 saturated carbocycles. The molecule has 15 heavy (non-hydrogen) atoms. The zero-order valence-corrected chi connectivity index (χ0v) is 9.45. The highest BCUT2D eigenvalue weighted by Crippen LogP contribution is 2.01. The van der Waals surface area contributed by atoms with Crippen LogP contribution in [0.1, 0.15) is 25.3 Å². The number of hydrogen-bond acceptors (Lipinski definition) is 2. The first kappa shape index (κ1) is 12.2. The first-order valence-corrected chi connectivity index (χ1v) is 5.63. The zero-order chi connectivity index (χ0) is 10.8. The van der Waals surface area contributed by atoms with Crippen molar-refractivity contribution in [1.29, 1.82) is 0 Å². The molecule has 0 atom stereocenters. The highest BCUT2D eigenvalue weighted by atomic mass is 16.5. The molecule has 0 fully saturated rings. The SMILES string of the molecule is CCOCCCCOCc1ccccc1. The van der Waals surface area contributed by atoms with Crippen LogP contribution < -0.4 is 0 Å². The van der Waals surface area contributed by atoms with E-state index < -0.39 is 0 Å². The lowest BCUT2D eigenvalue weighted by molar-refractivity contribution is 0.0994. The van der Waals surface area contributed by atoms with E-state index >= 15 is 0 Å². The molecule has 84 valence electrons. The van der Waals surface area contributed by atoms with Crippen molar-refractivity contribution in [2.75, 3.05) is 19.8 Å². The second kappa shape index (κ2) is 8.45. The molecule has 2 nitrogen and oxygen atoms in total. The van der Waals surface area contributed by atoms with E-state index in [4.69, 9.17) is 9.47 Å². The average Bonchev–Trinajstić information content (AvgIpc) is 2.29. The van der Waals surface area contributed by atoms with Crippen LogP contribution in [-0.2, 0) is 16.1 Å². The summed E-state index contributed by atoms with van der Waals surface area (Å²) < 4.78 is 10.8. The Morgan fingerprint density at radius 1 is 0.933 bits per heavy atom. The second-order valence-corrected chi connectivity index (χ2v) is 3.44. The summed E-state index contributed by atoms with van der Waals surface area (Å²) >= 11 is 0. The Hall–Kier alpha value is -0.860. The van der Waals surface area contributed by atoms with Crippen LogP contribution in [0.2, 0.25) is 0 Å². The van der Waals surface area contributed by atoms with Crippen molar-refractivity contribution in [3.8, 4) is 0 Å². The minimum absolute atomic E-state index is 0.718. The molecule has 1 aromatic rings. The molecule has 0 radical (unpaired) electrons. The molecule has 1 aromatic carbocycles. The predicted molar refractivity (Wildman–Crippen MR) is 61.8 cm³/mol. The van der Waals surface area contributed by atoms with Crippen molar-refractivity contribution < 1.29 is 9.47 Å². The first-order valence-electron chi connectivity index (χ1n) is 5.63. The highest BCUT2D eigenvalue weighted by molar-refractivity contribution is 5.13. The van der Waals surface area contributed by atoms with Gasteiger partial charge >= 0.3 is 0 Å². The summed E-state index contributed by atoms with van der Waals surface area (Å²) in [5, 5.41) is 0. The molecule has 0 aromatic heterocycles. The molecule has 0 heterocycles. The van der Waals surface area contributed by atoms with Crippen LogP contribution in [0.25, 0.3) is 0 Å². The smallest absolute Gasteiger partial charge is 0.0716 e. The van der Waals surface area contributed by atoms with Gasteiger partial charge in [0.05, 0.1) is 6.61 Å². The van der Waals surface area contributed by atoms with Crippen molar-refractivity contribution in [2.45, 2.75) is 26.4 Å². The monoisotopic (exact) mass is 208 g/mol. The van der Waals surface area contributed by atoms with E-state index in [-0.39, 0.29) is 0 Å². The van der Waals surface area contributed by atoms with E-state index in [0.717, 1.165) is 39.3 Å². The standard InChI is InChI=1S/C13H20O2/c1-2-14-10-6-7-11-15-12-13-8-4-3-5-9-13/h3-5,8-9H,2,6-7,10-12H2,1H3. The van der Waals surface area contributed by atoms with Gasteiger partial charge in [-0.2, -0.15) is 0 Å². The van der Waals surface area contributed by atoms with Gasteiger partial charge in [-0.3, -0.25) is 0 Å². The third-order valence-corrected chi connectivity index (χ3v) is 2.14. The van der Waals surface area contributed by atoms with Crippen LogP contribution in [0.15, 0.2) is 30.3 Å². The van der Waals surface area contributed by atoms with Crippen LogP contribution in [0.3, 0.4) is 0 Å². The molecule has 0 saturated heterocycles. The molecule has 1 rings (SSSR count). The Morgan fingerprint density at radius 3 is 2.27 bits per heavy atom. The van der Waals surface area contributed by atoms with Gasteiger partial charge in [0.2, 0.25) is 0 Å². The summed E-state index contributed by atoms with van der Waals surface area (Å²) in [5.74, 6) is 0. The van der Waals surface area contributed by atoms with Crippen LogP contribution in [0.5, 0.6) is 0 Å². The molecule has 0 amide bonds. The normalized spacial score (nSPS) is 10.5. The number of rotatable bonds is 8. The fourth-order valence-electron chi connectivity index (χ4n) is 1.32. The number of ether oxygens (including phenoxy) is 2. The number of unbranched alkanes of at least 4 members (excludes halogenated alkanes) is 1. The highest BCUT2D eigenvalue weighted by Gasteiger charge is 1.92. The summed E-state index contributed by atoms with van der Waals surface area (Å²) in [5.41, 5.74) is 1.24. The Morgan fingerprint density at radius 2 is 1.60 bits per heavy atom. The van der Waals surface area contributed by atoms with Gasteiger partial charge in [0, 0.05) is 19.8 Å². The van der Waals surface area contributed by atoms with Gasteiger partial charge in [-0.05, 0) is 25.3 Å². The van der Waals surface area contributed by atoms with E-state index in [9.17, 15) is 0 Å². The Kier molecular flexibility index (Phi) is 6.88. The Balaban J connectivity index is 1.93. The maximum absolute atomic E-state index is 5.54. The molecule has 0 aliphatic carbocycles. The Bertz CT molecular complexity index is 234. The lowest BCUT2D eigenvalue weighted by Gasteiger charge is -2.04. The lowest BCUT2D eigenvalue weighted by Crippen LogP contribution is -1.99. The van der Waals surface area contributed by atoms with Crippen molar-refractivity contribution in [3.63, 3.8) is 0 Å². The summed E-state index contributed by atoms with van der Waals surface area (Å²) in [7, 11) is 0. The summed E-state index contributed by atoms with van der Waals surface area (Å²) in [6.45, 7) is 5.22. The third kappa shape index (κ3) is 6.26. The van der Waals surface area contributed by atoms with Crippen LogP contribution in [-0.4, -0.2) is 19.8 Å². The van der Waals surface area contributed by atoms with Gasteiger partial charge in [-0.25, -0.2) is 0 Å².